The second-order valence-electron chi connectivity index (χ2n) is 6.37. The second kappa shape index (κ2) is 5.99. The summed E-state index contributed by atoms with van der Waals surface area (Å²) in [6.07, 6.45) is -0.236. The van der Waals surface area contributed by atoms with Gasteiger partial charge in [0.05, 0.1) is 25.2 Å². The molecule has 0 saturated carbocycles. The fourth-order valence-electron chi connectivity index (χ4n) is 2.37. The van der Waals surface area contributed by atoms with Gasteiger partial charge in [-0.1, -0.05) is 0 Å². The Labute approximate surface area is 120 Å². The zero-order valence-corrected chi connectivity index (χ0v) is 12.9. The van der Waals surface area contributed by atoms with Gasteiger partial charge in [0.25, 0.3) is 0 Å². The molecule has 116 valence electrons. The molecule has 0 aromatic carbocycles. The third-order valence-electron chi connectivity index (χ3n) is 3.08. The third kappa shape index (κ3) is 4.67. The van der Waals surface area contributed by atoms with Crippen LogP contribution in [0.2, 0.25) is 0 Å². The summed E-state index contributed by atoms with van der Waals surface area (Å²) in [6.45, 7) is 9.27. The summed E-state index contributed by atoms with van der Waals surface area (Å²) in [5.41, 5.74) is -1.82. The zero-order chi connectivity index (χ0) is 15.6. The molecule has 0 aromatic heterocycles. The molecule has 2 atom stereocenters. The number of nitrogens with zero attached hydrogens (tertiary/aromatic N) is 1. The molecule has 0 aromatic rings. The van der Waals surface area contributed by atoms with Crippen LogP contribution in [0.5, 0.6) is 0 Å². The minimum absolute atomic E-state index is 0.0852. The van der Waals surface area contributed by atoms with Crippen LogP contribution in [-0.4, -0.2) is 52.5 Å². The summed E-state index contributed by atoms with van der Waals surface area (Å²) in [6, 6.07) is -0.177. The number of hydrogen-bond acceptors (Lipinski definition) is 5. The number of likely N-dealkylation sites (tertiary alicyclic amines) is 1. The highest BCUT2D eigenvalue weighted by Gasteiger charge is 2.45. The molecular weight excluding hydrogens is 262 g/mol. The molecule has 6 heteroatoms. The van der Waals surface area contributed by atoms with Gasteiger partial charge in [0, 0.05) is 6.04 Å². The van der Waals surface area contributed by atoms with Crippen LogP contribution in [-0.2, 0) is 14.3 Å². The van der Waals surface area contributed by atoms with E-state index in [1.54, 1.807) is 27.7 Å². The molecule has 1 heterocycles. The fraction of sp³-hybridized carbons (Fsp3) is 0.857. The Kier molecular flexibility index (Phi) is 5.02. The molecule has 1 amide bonds. The second-order valence-corrected chi connectivity index (χ2v) is 6.37. The van der Waals surface area contributed by atoms with E-state index >= 15 is 0 Å². The Balaban J connectivity index is 2.66. The topological polar surface area (TPSA) is 76.1 Å². The van der Waals surface area contributed by atoms with E-state index in [1.807, 2.05) is 6.92 Å². The first-order valence-corrected chi connectivity index (χ1v) is 6.94. The lowest BCUT2D eigenvalue weighted by atomic mass is 9.97. The van der Waals surface area contributed by atoms with E-state index in [4.69, 9.17) is 9.47 Å². The molecule has 1 aliphatic rings. The first kappa shape index (κ1) is 16.8. The first-order chi connectivity index (χ1) is 9.06. The molecule has 1 rings (SSSR count). The molecule has 1 unspecified atom stereocenters. The van der Waals surface area contributed by atoms with Gasteiger partial charge in [-0.2, -0.15) is 0 Å². The van der Waals surface area contributed by atoms with Gasteiger partial charge in [-0.25, -0.2) is 4.79 Å². The van der Waals surface area contributed by atoms with Gasteiger partial charge in [0.2, 0.25) is 0 Å². The number of hydrogen-bond donors (Lipinski definition) is 1. The van der Waals surface area contributed by atoms with Crippen LogP contribution in [0.3, 0.4) is 0 Å². The lowest BCUT2D eigenvalue weighted by Crippen LogP contribution is -2.41. The van der Waals surface area contributed by atoms with E-state index < -0.39 is 23.3 Å². The summed E-state index contributed by atoms with van der Waals surface area (Å²) < 4.78 is 10.1. The Morgan fingerprint density at radius 3 is 2.50 bits per heavy atom. The number of rotatable bonds is 3. The smallest absolute Gasteiger partial charge is 0.410 e. The summed E-state index contributed by atoms with van der Waals surface area (Å²) in [5.74, 6) is -0.451. The quantitative estimate of drug-likeness (QED) is 0.800. The highest BCUT2D eigenvalue weighted by molar-refractivity contribution is 5.72. The Bertz CT molecular complexity index is 376. The maximum atomic E-state index is 12.0. The van der Waals surface area contributed by atoms with Gasteiger partial charge in [-0.3, -0.25) is 4.79 Å². The highest BCUT2D eigenvalue weighted by atomic mass is 16.6. The molecule has 0 spiro atoms. The molecule has 6 nitrogen and oxygen atoms in total. The van der Waals surface area contributed by atoms with E-state index in [2.05, 4.69) is 0 Å². The molecule has 20 heavy (non-hydrogen) atoms. The molecule has 1 fully saturated rings. The van der Waals surface area contributed by atoms with Gasteiger partial charge in [-0.15, -0.1) is 0 Å². The van der Waals surface area contributed by atoms with Crippen LogP contribution in [0.4, 0.5) is 4.79 Å². The van der Waals surface area contributed by atoms with Crippen molar-refractivity contribution < 1.29 is 24.2 Å². The Morgan fingerprint density at radius 1 is 1.40 bits per heavy atom. The minimum Gasteiger partial charge on any atom is -0.466 e. The maximum absolute atomic E-state index is 12.0. The highest BCUT2D eigenvalue weighted by Crippen LogP contribution is 2.31. The number of amides is 1. The molecule has 1 saturated heterocycles. The van der Waals surface area contributed by atoms with Crippen LogP contribution >= 0.6 is 0 Å². The van der Waals surface area contributed by atoms with Crippen LogP contribution in [0.1, 0.15) is 47.5 Å². The molecule has 0 aliphatic carbocycles. The molecule has 0 radical (unpaired) electrons. The van der Waals surface area contributed by atoms with Gasteiger partial charge < -0.3 is 19.5 Å². The van der Waals surface area contributed by atoms with Crippen LogP contribution in [0.15, 0.2) is 0 Å². The van der Waals surface area contributed by atoms with Crippen molar-refractivity contribution in [3.63, 3.8) is 0 Å². The van der Waals surface area contributed by atoms with Crippen molar-refractivity contribution in [2.75, 3.05) is 13.2 Å². The van der Waals surface area contributed by atoms with Gasteiger partial charge >= 0.3 is 12.1 Å². The van der Waals surface area contributed by atoms with Crippen molar-refractivity contribution in [2.24, 2.45) is 0 Å². The maximum Gasteiger partial charge on any atom is 0.410 e. The SMILES string of the molecule is CCOC(=O)CC1(O)C[C@@H](C)N(C(=O)OC(C)(C)C)C1. The van der Waals surface area contributed by atoms with Crippen molar-refractivity contribution in [1.82, 2.24) is 4.90 Å². The number of aliphatic hydroxyl groups is 1. The van der Waals surface area contributed by atoms with E-state index in [9.17, 15) is 14.7 Å². The molecule has 0 bridgehead atoms. The average molecular weight is 287 g/mol. The average Bonchev–Trinajstić information content (AvgIpc) is 2.51. The summed E-state index contributed by atoms with van der Waals surface area (Å²) in [5, 5.41) is 10.4. The van der Waals surface area contributed by atoms with Crippen LogP contribution in [0.25, 0.3) is 0 Å². The van der Waals surface area contributed by atoms with Crippen molar-refractivity contribution in [2.45, 2.75) is 64.7 Å². The number of ether oxygens (including phenoxy) is 2. The summed E-state index contributed by atoms with van der Waals surface area (Å²) in [7, 11) is 0. The monoisotopic (exact) mass is 287 g/mol. The van der Waals surface area contributed by atoms with E-state index in [1.165, 1.54) is 4.90 Å². The molecule has 1 aliphatic heterocycles. The van der Waals surface area contributed by atoms with Gasteiger partial charge in [0.15, 0.2) is 0 Å². The van der Waals surface area contributed by atoms with Crippen molar-refractivity contribution in [3.8, 4) is 0 Å². The van der Waals surface area contributed by atoms with Gasteiger partial charge in [-0.05, 0) is 41.0 Å². The van der Waals surface area contributed by atoms with E-state index in [-0.39, 0.29) is 25.6 Å². The Hall–Kier alpha value is -1.30. The lowest BCUT2D eigenvalue weighted by molar-refractivity contribution is -0.148. The normalized spacial score (nSPS) is 26.5. The largest absolute Gasteiger partial charge is 0.466 e. The van der Waals surface area contributed by atoms with Crippen LogP contribution in [0, 0.1) is 0 Å². The summed E-state index contributed by atoms with van der Waals surface area (Å²) in [4.78, 5) is 25.0. The van der Waals surface area contributed by atoms with E-state index in [0.717, 1.165) is 0 Å². The fourth-order valence-corrected chi connectivity index (χ4v) is 2.37. The Morgan fingerprint density at radius 2 is 2.00 bits per heavy atom. The molecular formula is C14H25NO5. The zero-order valence-electron chi connectivity index (χ0n) is 12.9. The van der Waals surface area contributed by atoms with Gasteiger partial charge in [0.1, 0.15) is 5.60 Å². The molecule has 1 N–H and O–H groups in total. The number of β-amino-alcohol motifs (C(OH)–C–C–N with tert-alkyl or cyclic N) is 1. The number of esters is 1. The predicted octanol–water partition coefficient (Wildman–Crippen LogP) is 1.70. The standard InChI is InChI=1S/C14H25NO5/c1-6-19-11(16)8-14(18)7-10(2)15(9-14)12(17)20-13(3,4)5/h10,18H,6-9H2,1-5H3/t10-,14?/m1/s1. The minimum atomic E-state index is -1.23. The van der Waals surface area contributed by atoms with Crippen molar-refractivity contribution in [3.05, 3.63) is 0 Å². The predicted molar refractivity (Wildman–Crippen MR) is 73.2 cm³/mol. The first-order valence-electron chi connectivity index (χ1n) is 6.94. The lowest BCUT2D eigenvalue weighted by Gasteiger charge is -2.27. The van der Waals surface area contributed by atoms with Crippen molar-refractivity contribution in [1.29, 1.82) is 0 Å². The van der Waals surface area contributed by atoms with Crippen LogP contribution < -0.4 is 0 Å². The van der Waals surface area contributed by atoms with Crippen molar-refractivity contribution >= 4 is 12.1 Å². The number of carbonyl (C=O) groups excluding carboxylic acids is 2. The summed E-state index contributed by atoms with van der Waals surface area (Å²) >= 11 is 0. The van der Waals surface area contributed by atoms with E-state index in [0.29, 0.717) is 6.42 Å². The number of carbonyl (C=O) groups is 2. The third-order valence-corrected chi connectivity index (χ3v) is 3.08.